The normalized spacial score (nSPS) is 10.2. The minimum Gasteiger partial charge on any atom is -0.466 e. The topological polar surface area (TPSA) is 50.1 Å². The van der Waals surface area contributed by atoms with Crippen LogP contribution in [0.25, 0.3) is 0 Å². The summed E-state index contributed by atoms with van der Waals surface area (Å²) in [5.41, 5.74) is -0.318. The Kier molecular flexibility index (Phi) is 5.23. The number of nitriles is 1. The summed E-state index contributed by atoms with van der Waals surface area (Å²) in [5.74, 6) is -0.555. The molecule has 1 aromatic carbocycles. The molecule has 1 aromatic rings. The van der Waals surface area contributed by atoms with Gasteiger partial charge in [0, 0.05) is 10.0 Å². The first kappa shape index (κ1) is 14.6. The second-order valence-electron chi connectivity index (χ2n) is 3.38. The Balaban J connectivity index is 3.21. The van der Waals surface area contributed by atoms with Gasteiger partial charge in [-0.05, 0) is 18.6 Å². The number of esters is 1. The van der Waals surface area contributed by atoms with E-state index in [1.165, 1.54) is 12.1 Å². The average Bonchev–Trinajstić information content (AvgIpc) is 2.31. The van der Waals surface area contributed by atoms with Gasteiger partial charge in [0.15, 0.2) is 0 Å². The molecule has 6 heteroatoms. The van der Waals surface area contributed by atoms with Gasteiger partial charge in [0.05, 0.1) is 24.7 Å². The number of alkyl halides is 2. The molecule has 3 nitrogen and oxygen atoms in total. The van der Waals surface area contributed by atoms with Crippen LogP contribution < -0.4 is 0 Å². The summed E-state index contributed by atoms with van der Waals surface area (Å²) in [4.78, 5) is 11.4. The van der Waals surface area contributed by atoms with Gasteiger partial charge in [-0.15, -0.1) is 0 Å². The van der Waals surface area contributed by atoms with E-state index in [2.05, 4.69) is 15.9 Å². The monoisotopic (exact) mass is 317 g/mol. The molecule has 0 aromatic heterocycles. The molecular formula is C12H10BrF2NO2. The van der Waals surface area contributed by atoms with Crippen LogP contribution in [0, 0.1) is 11.3 Å². The number of carbonyl (C=O) groups is 1. The van der Waals surface area contributed by atoms with Crippen LogP contribution in [0.4, 0.5) is 8.78 Å². The number of benzene rings is 1. The van der Waals surface area contributed by atoms with Crippen LogP contribution in [-0.4, -0.2) is 12.6 Å². The zero-order chi connectivity index (χ0) is 13.7. The molecule has 0 atom stereocenters. The first-order valence-electron chi connectivity index (χ1n) is 5.16. The fourth-order valence-corrected chi connectivity index (χ4v) is 1.95. The van der Waals surface area contributed by atoms with E-state index in [0.29, 0.717) is 4.47 Å². The lowest BCUT2D eigenvalue weighted by atomic mass is 10.00. The number of hydrogen-bond donors (Lipinski definition) is 0. The van der Waals surface area contributed by atoms with Gasteiger partial charge in [0.25, 0.3) is 6.43 Å². The Morgan fingerprint density at radius 1 is 1.56 bits per heavy atom. The fourth-order valence-electron chi connectivity index (χ4n) is 1.48. The van der Waals surface area contributed by atoms with Crippen molar-refractivity contribution in [1.29, 1.82) is 5.26 Å². The van der Waals surface area contributed by atoms with Gasteiger partial charge in [-0.25, -0.2) is 8.78 Å². The van der Waals surface area contributed by atoms with Gasteiger partial charge in [0.2, 0.25) is 0 Å². The van der Waals surface area contributed by atoms with Gasteiger partial charge >= 0.3 is 5.97 Å². The summed E-state index contributed by atoms with van der Waals surface area (Å²) < 4.78 is 30.6. The van der Waals surface area contributed by atoms with E-state index in [4.69, 9.17) is 10.00 Å². The summed E-state index contributed by atoms with van der Waals surface area (Å²) in [6.45, 7) is 1.85. The lowest BCUT2D eigenvalue weighted by Gasteiger charge is -2.10. The molecule has 0 saturated heterocycles. The summed E-state index contributed by atoms with van der Waals surface area (Å²) in [5, 5.41) is 8.96. The van der Waals surface area contributed by atoms with Crippen molar-refractivity contribution in [2.24, 2.45) is 0 Å². The fraction of sp³-hybridized carbons (Fsp3) is 0.333. The second kappa shape index (κ2) is 6.45. The van der Waals surface area contributed by atoms with E-state index in [1.54, 1.807) is 13.0 Å². The zero-order valence-corrected chi connectivity index (χ0v) is 11.1. The van der Waals surface area contributed by atoms with E-state index in [9.17, 15) is 13.6 Å². The number of halogens is 3. The van der Waals surface area contributed by atoms with Gasteiger partial charge in [-0.1, -0.05) is 22.0 Å². The average molecular weight is 318 g/mol. The molecule has 0 N–H and O–H groups in total. The lowest BCUT2D eigenvalue weighted by Crippen LogP contribution is -2.10. The Morgan fingerprint density at radius 3 is 2.72 bits per heavy atom. The molecule has 0 aliphatic heterocycles. The Labute approximate surface area is 111 Å². The number of nitrogens with zero attached hydrogens (tertiary/aromatic N) is 1. The van der Waals surface area contributed by atoms with Gasteiger partial charge < -0.3 is 4.74 Å². The summed E-state index contributed by atoms with van der Waals surface area (Å²) >= 11 is 3.15. The van der Waals surface area contributed by atoms with E-state index < -0.39 is 12.4 Å². The third kappa shape index (κ3) is 3.26. The molecule has 0 aliphatic carbocycles. The molecule has 0 radical (unpaired) electrons. The molecule has 0 amide bonds. The molecule has 0 saturated carbocycles. The smallest absolute Gasteiger partial charge is 0.310 e. The van der Waals surface area contributed by atoms with Crippen molar-refractivity contribution >= 4 is 21.9 Å². The van der Waals surface area contributed by atoms with Crippen molar-refractivity contribution in [1.82, 2.24) is 0 Å². The number of carbonyl (C=O) groups excluding carboxylic acids is 1. The van der Waals surface area contributed by atoms with Crippen LogP contribution in [0.5, 0.6) is 0 Å². The first-order chi connectivity index (χ1) is 8.51. The van der Waals surface area contributed by atoms with Crippen LogP contribution in [-0.2, 0) is 16.0 Å². The third-order valence-corrected chi connectivity index (χ3v) is 3.00. The highest BCUT2D eigenvalue weighted by Gasteiger charge is 2.20. The quantitative estimate of drug-likeness (QED) is 0.800. The highest BCUT2D eigenvalue weighted by atomic mass is 79.9. The Bertz CT molecular complexity index is 498. The van der Waals surface area contributed by atoms with Gasteiger partial charge in [-0.3, -0.25) is 4.79 Å². The first-order valence-corrected chi connectivity index (χ1v) is 5.95. The van der Waals surface area contributed by atoms with E-state index in [-0.39, 0.29) is 29.7 Å². The largest absolute Gasteiger partial charge is 0.466 e. The number of rotatable bonds is 4. The number of hydrogen-bond acceptors (Lipinski definition) is 3. The molecule has 0 unspecified atom stereocenters. The lowest BCUT2D eigenvalue weighted by molar-refractivity contribution is -0.142. The highest BCUT2D eigenvalue weighted by Crippen LogP contribution is 2.30. The van der Waals surface area contributed by atoms with E-state index in [1.807, 2.05) is 0 Å². The van der Waals surface area contributed by atoms with Crippen molar-refractivity contribution in [3.8, 4) is 6.07 Å². The van der Waals surface area contributed by atoms with E-state index >= 15 is 0 Å². The predicted molar refractivity (Wildman–Crippen MR) is 64.2 cm³/mol. The van der Waals surface area contributed by atoms with Crippen LogP contribution in [0.3, 0.4) is 0 Å². The van der Waals surface area contributed by atoms with Crippen LogP contribution >= 0.6 is 15.9 Å². The maximum atomic E-state index is 12.7. The SMILES string of the molecule is CCOC(=O)Cc1c(Br)ccc(C(F)F)c1C#N. The summed E-state index contributed by atoms with van der Waals surface area (Å²) in [6, 6.07) is 4.28. The third-order valence-electron chi connectivity index (χ3n) is 2.26. The molecule has 18 heavy (non-hydrogen) atoms. The molecule has 0 heterocycles. The summed E-state index contributed by atoms with van der Waals surface area (Å²) in [6.07, 6.45) is -2.97. The molecule has 0 bridgehead atoms. The Morgan fingerprint density at radius 2 is 2.22 bits per heavy atom. The van der Waals surface area contributed by atoms with Crippen LogP contribution in [0.1, 0.15) is 30.0 Å². The molecular weight excluding hydrogens is 308 g/mol. The van der Waals surface area contributed by atoms with Crippen molar-refractivity contribution in [2.75, 3.05) is 6.61 Å². The van der Waals surface area contributed by atoms with Crippen molar-refractivity contribution in [3.05, 3.63) is 33.3 Å². The molecule has 96 valence electrons. The van der Waals surface area contributed by atoms with Gasteiger partial charge in [0.1, 0.15) is 0 Å². The van der Waals surface area contributed by atoms with Crippen molar-refractivity contribution < 1.29 is 18.3 Å². The maximum absolute atomic E-state index is 12.7. The second-order valence-corrected chi connectivity index (χ2v) is 4.24. The molecule has 0 fully saturated rings. The predicted octanol–water partition coefficient (Wildman–Crippen LogP) is 3.36. The Hall–Kier alpha value is -1.48. The highest BCUT2D eigenvalue weighted by molar-refractivity contribution is 9.10. The maximum Gasteiger partial charge on any atom is 0.310 e. The molecule has 1 rings (SSSR count). The van der Waals surface area contributed by atoms with Gasteiger partial charge in [-0.2, -0.15) is 5.26 Å². The van der Waals surface area contributed by atoms with Crippen LogP contribution in [0.15, 0.2) is 16.6 Å². The standard InChI is InChI=1S/C12H10BrF2NO2/c1-2-18-11(17)5-8-9(6-16)7(12(14)15)3-4-10(8)13/h3-4,12H,2,5H2,1H3. The minimum atomic E-state index is -2.76. The molecule has 0 aliphatic rings. The van der Waals surface area contributed by atoms with Crippen molar-refractivity contribution in [3.63, 3.8) is 0 Å². The summed E-state index contributed by atoms with van der Waals surface area (Å²) in [7, 11) is 0. The minimum absolute atomic E-state index is 0.174. The van der Waals surface area contributed by atoms with E-state index in [0.717, 1.165) is 0 Å². The number of ether oxygens (including phenoxy) is 1. The van der Waals surface area contributed by atoms with Crippen LogP contribution in [0.2, 0.25) is 0 Å². The zero-order valence-electron chi connectivity index (χ0n) is 9.54. The van der Waals surface area contributed by atoms with Crippen molar-refractivity contribution in [2.45, 2.75) is 19.8 Å². The molecule has 0 spiro atoms.